The minimum absolute atomic E-state index is 0.0700. The number of hydrogen-bond acceptors (Lipinski definition) is 5. The van der Waals surface area contributed by atoms with Gasteiger partial charge in [-0.3, -0.25) is 9.78 Å². The number of aromatic nitrogens is 4. The highest BCUT2D eigenvalue weighted by atomic mass is 16.3. The zero-order valence-corrected chi connectivity index (χ0v) is 10.2. The Morgan fingerprint density at radius 1 is 1.42 bits per heavy atom. The summed E-state index contributed by atoms with van der Waals surface area (Å²) in [5.74, 6) is -0.0700. The lowest BCUT2D eigenvalue weighted by Crippen LogP contribution is -2.51. The number of rotatable bonds is 3. The van der Waals surface area contributed by atoms with Gasteiger partial charge in [0.05, 0.1) is 18.8 Å². The fourth-order valence-corrected chi connectivity index (χ4v) is 2.00. The third-order valence-electron chi connectivity index (χ3n) is 3.13. The van der Waals surface area contributed by atoms with Crippen LogP contribution in [0.4, 0.5) is 0 Å². The lowest BCUT2D eigenvalue weighted by Gasteiger charge is -2.38. The zero-order chi connectivity index (χ0) is 13.2. The van der Waals surface area contributed by atoms with Crippen LogP contribution in [0.25, 0.3) is 0 Å². The molecule has 2 aromatic heterocycles. The van der Waals surface area contributed by atoms with Crippen molar-refractivity contribution in [3.8, 4) is 0 Å². The Balaban J connectivity index is 1.62. The van der Waals surface area contributed by atoms with Crippen LogP contribution in [-0.2, 0) is 6.61 Å². The number of amides is 1. The van der Waals surface area contributed by atoms with E-state index in [0.717, 1.165) is 0 Å². The van der Waals surface area contributed by atoms with Crippen molar-refractivity contribution in [2.45, 2.75) is 12.6 Å². The van der Waals surface area contributed by atoms with Gasteiger partial charge in [-0.1, -0.05) is 11.3 Å². The number of carbonyl (C=O) groups excluding carboxylic acids is 1. The second-order valence-corrected chi connectivity index (χ2v) is 4.43. The maximum Gasteiger partial charge on any atom is 0.272 e. The van der Waals surface area contributed by atoms with Crippen LogP contribution in [0.3, 0.4) is 0 Å². The molecule has 3 rings (SSSR count). The predicted molar refractivity (Wildman–Crippen MR) is 65.1 cm³/mol. The molecule has 0 saturated carbocycles. The molecule has 0 spiro atoms. The van der Waals surface area contributed by atoms with Crippen molar-refractivity contribution >= 4 is 5.91 Å². The lowest BCUT2D eigenvalue weighted by atomic mass is 10.1. The Hall–Kier alpha value is -2.28. The van der Waals surface area contributed by atoms with E-state index in [1.807, 2.05) is 0 Å². The van der Waals surface area contributed by atoms with E-state index in [0.29, 0.717) is 24.5 Å². The summed E-state index contributed by atoms with van der Waals surface area (Å²) in [6, 6.07) is 5.40. The third kappa shape index (κ3) is 2.19. The van der Waals surface area contributed by atoms with Gasteiger partial charge in [0, 0.05) is 19.3 Å². The second kappa shape index (κ2) is 4.77. The maximum atomic E-state index is 12.0. The Labute approximate surface area is 109 Å². The van der Waals surface area contributed by atoms with Crippen molar-refractivity contribution in [3.05, 3.63) is 42.0 Å². The van der Waals surface area contributed by atoms with Gasteiger partial charge in [0.2, 0.25) is 0 Å². The molecule has 7 nitrogen and oxygen atoms in total. The Bertz CT molecular complexity index is 577. The van der Waals surface area contributed by atoms with E-state index < -0.39 is 0 Å². The van der Waals surface area contributed by atoms with Crippen molar-refractivity contribution in [2.75, 3.05) is 13.1 Å². The topological polar surface area (TPSA) is 84.1 Å². The van der Waals surface area contributed by atoms with Gasteiger partial charge in [0.1, 0.15) is 11.4 Å². The van der Waals surface area contributed by atoms with Crippen LogP contribution in [-0.4, -0.2) is 49.0 Å². The fraction of sp³-hybridized carbons (Fsp3) is 0.333. The van der Waals surface area contributed by atoms with Gasteiger partial charge < -0.3 is 10.0 Å². The number of hydrogen-bond donors (Lipinski definition) is 1. The molecule has 1 saturated heterocycles. The van der Waals surface area contributed by atoms with Crippen LogP contribution in [0.5, 0.6) is 0 Å². The average Bonchev–Trinajstić information content (AvgIpc) is 2.86. The molecule has 0 unspecified atom stereocenters. The van der Waals surface area contributed by atoms with Gasteiger partial charge in [-0.2, -0.15) is 0 Å². The maximum absolute atomic E-state index is 12.0. The van der Waals surface area contributed by atoms with Crippen molar-refractivity contribution in [1.29, 1.82) is 0 Å². The van der Waals surface area contributed by atoms with Gasteiger partial charge >= 0.3 is 0 Å². The second-order valence-electron chi connectivity index (χ2n) is 4.43. The highest BCUT2D eigenvalue weighted by Gasteiger charge is 2.33. The first-order chi connectivity index (χ1) is 9.28. The lowest BCUT2D eigenvalue weighted by molar-refractivity contribution is 0.0492. The number of nitrogens with zero attached hydrogens (tertiary/aromatic N) is 5. The van der Waals surface area contributed by atoms with Crippen molar-refractivity contribution < 1.29 is 9.90 Å². The van der Waals surface area contributed by atoms with Gasteiger partial charge in [0.25, 0.3) is 5.91 Å². The summed E-state index contributed by atoms with van der Waals surface area (Å²) in [6.07, 6.45) is 3.31. The molecule has 0 atom stereocenters. The molecule has 0 aromatic carbocycles. The Morgan fingerprint density at radius 2 is 2.26 bits per heavy atom. The van der Waals surface area contributed by atoms with Crippen LogP contribution < -0.4 is 0 Å². The highest BCUT2D eigenvalue weighted by molar-refractivity contribution is 5.92. The highest BCUT2D eigenvalue weighted by Crippen LogP contribution is 2.21. The third-order valence-corrected chi connectivity index (χ3v) is 3.13. The van der Waals surface area contributed by atoms with Gasteiger partial charge in [-0.05, 0) is 12.1 Å². The summed E-state index contributed by atoms with van der Waals surface area (Å²) in [6.45, 7) is 1.05. The van der Waals surface area contributed by atoms with E-state index in [2.05, 4.69) is 15.3 Å². The van der Waals surface area contributed by atoms with Crippen molar-refractivity contribution in [1.82, 2.24) is 24.9 Å². The molecular weight excluding hydrogens is 246 g/mol. The molecule has 1 amide bonds. The summed E-state index contributed by atoms with van der Waals surface area (Å²) in [7, 11) is 0. The summed E-state index contributed by atoms with van der Waals surface area (Å²) >= 11 is 0. The normalized spacial score (nSPS) is 15.3. The first-order valence-corrected chi connectivity index (χ1v) is 6.00. The minimum Gasteiger partial charge on any atom is -0.390 e. The average molecular weight is 259 g/mol. The quantitative estimate of drug-likeness (QED) is 0.829. The molecular formula is C12H13N5O2. The molecule has 1 fully saturated rings. The monoisotopic (exact) mass is 259 g/mol. The van der Waals surface area contributed by atoms with Crippen LogP contribution in [0.2, 0.25) is 0 Å². The van der Waals surface area contributed by atoms with Crippen molar-refractivity contribution in [3.63, 3.8) is 0 Å². The minimum atomic E-state index is -0.122. The summed E-state index contributed by atoms with van der Waals surface area (Å²) in [5, 5.41) is 16.7. The molecule has 1 aliphatic rings. The number of pyridine rings is 1. The van der Waals surface area contributed by atoms with E-state index in [-0.39, 0.29) is 18.6 Å². The summed E-state index contributed by atoms with van der Waals surface area (Å²) in [5.41, 5.74) is 0.991. The van der Waals surface area contributed by atoms with E-state index in [9.17, 15) is 4.79 Å². The van der Waals surface area contributed by atoms with Crippen molar-refractivity contribution in [2.24, 2.45) is 0 Å². The number of likely N-dealkylation sites (tertiary alicyclic amines) is 1. The summed E-state index contributed by atoms with van der Waals surface area (Å²) < 4.78 is 1.69. The molecule has 0 radical (unpaired) electrons. The largest absolute Gasteiger partial charge is 0.390 e. The van der Waals surface area contributed by atoms with Crippen LogP contribution in [0, 0.1) is 0 Å². The molecule has 1 N–H and O–H groups in total. The molecule has 2 aromatic rings. The Morgan fingerprint density at radius 3 is 2.89 bits per heavy atom. The van der Waals surface area contributed by atoms with Gasteiger partial charge in [0.15, 0.2) is 0 Å². The first kappa shape index (κ1) is 11.8. The smallest absolute Gasteiger partial charge is 0.272 e. The molecule has 98 valence electrons. The molecule has 19 heavy (non-hydrogen) atoms. The van der Waals surface area contributed by atoms with Crippen LogP contribution >= 0.6 is 0 Å². The molecule has 3 heterocycles. The van der Waals surface area contributed by atoms with Crippen LogP contribution in [0.15, 0.2) is 30.6 Å². The van der Waals surface area contributed by atoms with E-state index in [4.69, 9.17) is 5.11 Å². The van der Waals surface area contributed by atoms with Gasteiger partial charge in [-0.15, -0.1) is 5.10 Å². The molecule has 7 heteroatoms. The number of aliphatic hydroxyl groups excluding tert-OH is 1. The summed E-state index contributed by atoms with van der Waals surface area (Å²) in [4.78, 5) is 17.8. The number of carbonyl (C=O) groups is 1. The van der Waals surface area contributed by atoms with E-state index in [1.54, 1.807) is 40.2 Å². The molecule has 1 aliphatic heterocycles. The molecule has 0 aliphatic carbocycles. The number of aliphatic hydroxyl groups is 1. The predicted octanol–water partition coefficient (Wildman–Crippen LogP) is -0.138. The molecule has 0 bridgehead atoms. The SMILES string of the molecule is O=C(c1ccccn1)N1CC(n2cc(CO)nn2)C1. The van der Waals surface area contributed by atoms with Crippen LogP contribution in [0.1, 0.15) is 22.2 Å². The first-order valence-electron chi connectivity index (χ1n) is 6.00. The van der Waals surface area contributed by atoms with E-state index >= 15 is 0 Å². The van der Waals surface area contributed by atoms with E-state index in [1.165, 1.54) is 0 Å². The Kier molecular flexibility index (Phi) is 2.96. The standard InChI is InChI=1S/C12H13N5O2/c18-8-9-5-17(15-14-9)10-6-16(7-10)12(19)11-3-1-2-4-13-11/h1-5,10,18H,6-8H2. The van der Waals surface area contributed by atoms with Gasteiger partial charge in [-0.25, -0.2) is 4.68 Å². The zero-order valence-electron chi connectivity index (χ0n) is 10.2. The fourth-order valence-electron chi connectivity index (χ4n) is 2.00.